The summed E-state index contributed by atoms with van der Waals surface area (Å²) in [6, 6.07) is 8.37. The van der Waals surface area contributed by atoms with E-state index in [1.165, 1.54) is 0 Å². The minimum absolute atomic E-state index is 0.0898. The number of rotatable bonds is 7. The standard InChI is InChI=1S/C19H28BrClN2OSi/c1-19(2,3)25(4,5)24-13-18(14-7-6-8-16(21)9-14)23-12-17-10-15(20)11-22-17/h6-11,18,22-23H,12-13H2,1-5H3/t18-/m1/s1/i18D. The highest BCUT2D eigenvalue weighted by Gasteiger charge is 2.37. The summed E-state index contributed by atoms with van der Waals surface area (Å²) >= 11 is 9.62. The predicted octanol–water partition coefficient (Wildman–Crippen LogP) is 6.28. The molecule has 0 aliphatic carbocycles. The van der Waals surface area contributed by atoms with Gasteiger partial charge >= 0.3 is 0 Å². The highest BCUT2D eigenvalue weighted by atomic mass is 79.9. The van der Waals surface area contributed by atoms with E-state index < -0.39 is 14.3 Å². The molecule has 0 unspecified atom stereocenters. The first-order chi connectivity index (χ1) is 11.9. The van der Waals surface area contributed by atoms with E-state index in [9.17, 15) is 0 Å². The molecule has 1 aromatic heterocycles. The van der Waals surface area contributed by atoms with Gasteiger partial charge in [-0.3, -0.25) is 0 Å². The summed E-state index contributed by atoms with van der Waals surface area (Å²) in [7, 11) is -1.97. The summed E-state index contributed by atoms with van der Waals surface area (Å²) in [4.78, 5) is 3.19. The molecule has 1 atom stereocenters. The number of nitrogens with one attached hydrogen (secondary N) is 2. The van der Waals surface area contributed by atoms with Crippen molar-refractivity contribution in [3.63, 3.8) is 0 Å². The third-order valence-electron chi connectivity index (χ3n) is 4.76. The van der Waals surface area contributed by atoms with Gasteiger partial charge in [0.05, 0.1) is 14.0 Å². The molecule has 2 aromatic rings. The quantitative estimate of drug-likeness (QED) is 0.493. The van der Waals surface area contributed by atoms with E-state index in [2.05, 4.69) is 60.1 Å². The Morgan fingerprint density at radius 3 is 2.64 bits per heavy atom. The van der Waals surface area contributed by atoms with Crippen molar-refractivity contribution in [3.8, 4) is 0 Å². The molecule has 1 aromatic carbocycles. The van der Waals surface area contributed by atoms with Crippen molar-refractivity contribution in [1.29, 1.82) is 0 Å². The van der Waals surface area contributed by atoms with Gasteiger partial charge in [0.25, 0.3) is 0 Å². The molecule has 138 valence electrons. The van der Waals surface area contributed by atoms with Crippen LogP contribution in [0.2, 0.25) is 23.2 Å². The number of H-pyrrole nitrogens is 1. The van der Waals surface area contributed by atoms with Crippen LogP contribution < -0.4 is 5.32 Å². The number of aromatic nitrogens is 1. The molecule has 0 aliphatic rings. The van der Waals surface area contributed by atoms with Gasteiger partial charge in [0.15, 0.2) is 8.32 Å². The SMILES string of the molecule is [2H][C@](CO[Si](C)(C)C(C)(C)C)(NCc1cc(Br)c[nH]1)c1cccc(Cl)c1. The van der Waals surface area contributed by atoms with Gasteiger partial charge in [-0.2, -0.15) is 0 Å². The fraction of sp³-hybridized carbons (Fsp3) is 0.474. The van der Waals surface area contributed by atoms with Crippen molar-refractivity contribution >= 4 is 35.8 Å². The molecule has 0 spiro atoms. The maximum absolute atomic E-state index is 9.10. The summed E-state index contributed by atoms with van der Waals surface area (Å²) < 4.78 is 16.5. The highest BCUT2D eigenvalue weighted by Crippen LogP contribution is 2.37. The number of hydrogen-bond donors (Lipinski definition) is 2. The lowest BCUT2D eigenvalue weighted by atomic mass is 10.1. The van der Waals surface area contributed by atoms with Gasteiger partial charge < -0.3 is 14.7 Å². The molecule has 0 saturated carbocycles. The Bertz CT molecular complexity index is 747. The maximum atomic E-state index is 9.10. The van der Waals surface area contributed by atoms with Crippen LogP contribution in [-0.4, -0.2) is 19.9 Å². The molecule has 6 heteroatoms. The lowest BCUT2D eigenvalue weighted by Gasteiger charge is -2.37. The van der Waals surface area contributed by atoms with Crippen molar-refractivity contribution in [3.05, 3.63) is 57.3 Å². The van der Waals surface area contributed by atoms with Gasteiger partial charge in [-0.25, -0.2) is 0 Å². The molecular formula is C19H28BrClN2OSi. The van der Waals surface area contributed by atoms with E-state index in [0.29, 0.717) is 11.6 Å². The van der Waals surface area contributed by atoms with Crippen molar-refractivity contribution in [1.82, 2.24) is 10.3 Å². The molecule has 0 saturated heterocycles. The van der Waals surface area contributed by atoms with Crippen molar-refractivity contribution < 1.29 is 5.80 Å². The van der Waals surface area contributed by atoms with Gasteiger partial charge in [0, 0.05) is 27.9 Å². The second-order valence-electron chi connectivity index (χ2n) is 7.73. The minimum Gasteiger partial charge on any atom is -0.415 e. The monoisotopic (exact) mass is 443 g/mol. The second kappa shape index (κ2) is 8.40. The number of halogens is 2. The summed E-state index contributed by atoms with van der Waals surface area (Å²) in [5, 5.41) is 4.06. The summed E-state index contributed by atoms with van der Waals surface area (Å²) in [5.74, 6) is 0. The number of aromatic amines is 1. The molecule has 0 fully saturated rings. The fourth-order valence-corrected chi connectivity index (χ4v) is 3.62. The average Bonchev–Trinajstić information content (AvgIpc) is 2.96. The van der Waals surface area contributed by atoms with Crippen LogP contribution >= 0.6 is 27.5 Å². The molecule has 2 rings (SSSR count). The Hall–Kier alpha value is -0.593. The summed E-state index contributed by atoms with van der Waals surface area (Å²) in [6.07, 6.45) is 1.88. The van der Waals surface area contributed by atoms with Crippen LogP contribution in [0, 0.1) is 0 Å². The third kappa shape index (κ3) is 5.96. The Morgan fingerprint density at radius 2 is 2.08 bits per heavy atom. The van der Waals surface area contributed by atoms with Crippen LogP contribution in [0.1, 0.15) is 39.4 Å². The fourth-order valence-electron chi connectivity index (χ4n) is 2.10. The molecule has 3 nitrogen and oxygen atoms in total. The zero-order valence-corrected chi connectivity index (χ0v) is 18.9. The highest BCUT2D eigenvalue weighted by molar-refractivity contribution is 9.10. The van der Waals surface area contributed by atoms with E-state index in [0.717, 1.165) is 15.7 Å². The van der Waals surface area contributed by atoms with Crippen LogP contribution in [0.5, 0.6) is 0 Å². The largest absolute Gasteiger partial charge is 0.415 e. The van der Waals surface area contributed by atoms with Crippen LogP contribution in [0.15, 0.2) is 41.0 Å². The Balaban J connectivity index is 2.23. The lowest BCUT2D eigenvalue weighted by Crippen LogP contribution is -2.43. The molecule has 0 bridgehead atoms. The Kier molecular flexibility index (Phi) is 6.44. The molecular weight excluding hydrogens is 416 g/mol. The second-order valence-corrected chi connectivity index (χ2v) is 13.9. The molecule has 0 aliphatic heterocycles. The zero-order valence-electron chi connectivity index (χ0n) is 16.5. The molecule has 2 N–H and O–H groups in total. The van der Waals surface area contributed by atoms with Gasteiger partial charge in [-0.15, -0.1) is 0 Å². The van der Waals surface area contributed by atoms with Crippen LogP contribution in [-0.2, 0) is 11.0 Å². The first kappa shape index (κ1) is 19.2. The maximum Gasteiger partial charge on any atom is 0.192 e. The zero-order chi connectivity index (χ0) is 19.6. The Labute approximate surface area is 167 Å². The van der Waals surface area contributed by atoms with Crippen LogP contribution in [0.25, 0.3) is 0 Å². The average molecular weight is 445 g/mol. The van der Waals surface area contributed by atoms with Crippen molar-refractivity contribution in [2.24, 2.45) is 0 Å². The summed E-state index contributed by atoms with van der Waals surface area (Å²) in [5.41, 5.74) is 1.80. The first-order valence-electron chi connectivity index (χ1n) is 8.91. The van der Waals surface area contributed by atoms with Crippen molar-refractivity contribution in [2.75, 3.05) is 6.61 Å². The van der Waals surface area contributed by atoms with Gasteiger partial charge in [0.1, 0.15) is 0 Å². The molecule has 0 radical (unpaired) electrons. The third-order valence-corrected chi connectivity index (χ3v) is 9.93. The van der Waals surface area contributed by atoms with Gasteiger partial charge in [0.2, 0.25) is 0 Å². The predicted molar refractivity (Wildman–Crippen MR) is 113 cm³/mol. The smallest absolute Gasteiger partial charge is 0.192 e. The normalized spacial score (nSPS) is 15.7. The topological polar surface area (TPSA) is 37.0 Å². The number of benzene rings is 1. The minimum atomic E-state index is -1.97. The first-order valence-corrected chi connectivity index (χ1v) is 12.5. The van der Waals surface area contributed by atoms with Crippen molar-refractivity contribution in [2.45, 2.75) is 51.5 Å². The van der Waals surface area contributed by atoms with E-state index in [1.807, 2.05) is 36.5 Å². The van der Waals surface area contributed by atoms with Crippen LogP contribution in [0.4, 0.5) is 0 Å². The number of hydrogen-bond acceptors (Lipinski definition) is 2. The molecule has 25 heavy (non-hydrogen) atoms. The van der Waals surface area contributed by atoms with Crippen LogP contribution in [0.3, 0.4) is 0 Å². The van der Waals surface area contributed by atoms with Gasteiger partial charge in [-0.05, 0) is 57.8 Å². The molecule has 0 amide bonds. The van der Waals surface area contributed by atoms with E-state index in [4.69, 9.17) is 17.4 Å². The molecule has 1 heterocycles. The van der Waals surface area contributed by atoms with E-state index in [1.54, 1.807) is 0 Å². The Morgan fingerprint density at radius 1 is 1.36 bits per heavy atom. The lowest BCUT2D eigenvalue weighted by molar-refractivity contribution is 0.243. The van der Waals surface area contributed by atoms with E-state index in [-0.39, 0.29) is 11.6 Å². The van der Waals surface area contributed by atoms with Gasteiger partial charge in [-0.1, -0.05) is 44.5 Å². The van der Waals surface area contributed by atoms with E-state index >= 15 is 0 Å². The summed E-state index contributed by atoms with van der Waals surface area (Å²) in [6.45, 7) is 11.8.